The van der Waals surface area contributed by atoms with Crippen molar-refractivity contribution in [2.75, 3.05) is 30.5 Å². The molecule has 0 spiro atoms. The van der Waals surface area contributed by atoms with Gasteiger partial charge in [-0.05, 0) is 73.7 Å². The molecular weight excluding hydrogens is 506 g/mol. The van der Waals surface area contributed by atoms with Crippen LogP contribution in [0.1, 0.15) is 34.1 Å². The number of hydrogen-bond donors (Lipinski definition) is 1. The fourth-order valence-corrected chi connectivity index (χ4v) is 5.15. The second-order valence-corrected chi connectivity index (χ2v) is 9.69. The van der Waals surface area contributed by atoms with E-state index in [1.807, 2.05) is 18.4 Å². The minimum absolute atomic E-state index is 0.214. The Labute approximate surface area is 225 Å². The van der Waals surface area contributed by atoms with E-state index in [1.165, 1.54) is 12.0 Å². The molecule has 1 fully saturated rings. The van der Waals surface area contributed by atoms with Gasteiger partial charge in [-0.1, -0.05) is 6.07 Å². The summed E-state index contributed by atoms with van der Waals surface area (Å²) < 4.78 is 10.2. The highest BCUT2D eigenvalue weighted by atomic mass is 32.1. The number of nitrogens with zero attached hydrogens (tertiary/aromatic N) is 2. The molecule has 2 heterocycles. The highest BCUT2D eigenvalue weighted by Gasteiger charge is 2.46. The number of anilines is 2. The van der Waals surface area contributed by atoms with E-state index in [0.29, 0.717) is 35.7 Å². The van der Waals surface area contributed by atoms with Gasteiger partial charge in [0.1, 0.15) is 11.8 Å². The molecule has 0 bridgehead atoms. The van der Waals surface area contributed by atoms with Gasteiger partial charge >= 0.3 is 12.0 Å². The summed E-state index contributed by atoms with van der Waals surface area (Å²) in [6.45, 7) is 4.28. The van der Waals surface area contributed by atoms with Crippen LogP contribution in [0.25, 0.3) is 0 Å². The molecule has 2 aromatic carbocycles. The normalized spacial score (nSPS) is 15.1. The van der Waals surface area contributed by atoms with Crippen LogP contribution in [0.2, 0.25) is 0 Å². The van der Waals surface area contributed by atoms with Crippen LogP contribution < -0.4 is 15.0 Å². The summed E-state index contributed by atoms with van der Waals surface area (Å²) in [6, 6.07) is 13.6. The summed E-state index contributed by atoms with van der Waals surface area (Å²) in [7, 11) is 1.51. The molecule has 9 nitrogen and oxygen atoms in total. The molecule has 1 aliphatic rings. The van der Waals surface area contributed by atoms with Crippen molar-refractivity contribution in [3.05, 3.63) is 76.0 Å². The summed E-state index contributed by atoms with van der Waals surface area (Å²) in [5.41, 5.74) is 2.34. The first kappa shape index (κ1) is 26.9. The van der Waals surface area contributed by atoms with Crippen LogP contribution in [0.5, 0.6) is 5.75 Å². The third kappa shape index (κ3) is 5.86. The number of amides is 4. The fourth-order valence-electron chi connectivity index (χ4n) is 4.25. The highest BCUT2D eigenvalue weighted by Crippen LogP contribution is 2.30. The summed E-state index contributed by atoms with van der Waals surface area (Å²) in [4.78, 5) is 55.6. The number of methoxy groups -OCH3 is 1. The average molecular weight is 536 g/mol. The van der Waals surface area contributed by atoms with Crippen LogP contribution in [0, 0.1) is 6.92 Å². The summed E-state index contributed by atoms with van der Waals surface area (Å²) in [6.07, 6.45) is 0.357. The zero-order valence-electron chi connectivity index (χ0n) is 21.4. The Bertz CT molecular complexity index is 1340. The van der Waals surface area contributed by atoms with Gasteiger partial charge in [-0.15, -0.1) is 11.3 Å². The van der Waals surface area contributed by atoms with Gasteiger partial charge in [0, 0.05) is 23.2 Å². The number of aryl methyl sites for hydroxylation is 1. The van der Waals surface area contributed by atoms with Crippen LogP contribution in [0.15, 0.2) is 60.0 Å². The average Bonchev–Trinajstić information content (AvgIpc) is 3.42. The Kier molecular flexibility index (Phi) is 8.42. The zero-order chi connectivity index (χ0) is 27.2. The molecule has 1 aromatic heterocycles. The minimum atomic E-state index is -0.965. The minimum Gasteiger partial charge on any atom is -0.497 e. The number of ether oxygens (including phenoxy) is 2. The van der Waals surface area contributed by atoms with Crippen LogP contribution >= 0.6 is 11.3 Å². The van der Waals surface area contributed by atoms with Crippen molar-refractivity contribution in [3.8, 4) is 5.75 Å². The van der Waals surface area contributed by atoms with Gasteiger partial charge in [-0.3, -0.25) is 9.59 Å². The number of thiophene rings is 1. The van der Waals surface area contributed by atoms with E-state index in [4.69, 9.17) is 9.47 Å². The molecule has 4 amide bonds. The number of hydrogen-bond acceptors (Lipinski definition) is 7. The molecule has 1 saturated heterocycles. The van der Waals surface area contributed by atoms with Gasteiger partial charge in [0.05, 0.1) is 31.4 Å². The van der Waals surface area contributed by atoms with Gasteiger partial charge in [0.2, 0.25) is 5.91 Å². The Morgan fingerprint density at radius 2 is 1.84 bits per heavy atom. The third-order valence-corrected chi connectivity index (χ3v) is 7.32. The number of rotatable bonds is 10. The molecule has 1 atom stereocenters. The Hall–Kier alpha value is -4.18. The predicted octanol–water partition coefficient (Wildman–Crippen LogP) is 4.65. The van der Waals surface area contributed by atoms with Gasteiger partial charge < -0.3 is 19.7 Å². The Morgan fingerprint density at radius 1 is 1.08 bits per heavy atom. The van der Waals surface area contributed by atoms with Crippen molar-refractivity contribution in [1.29, 1.82) is 0 Å². The quantitative estimate of drug-likeness (QED) is 0.299. The summed E-state index contributed by atoms with van der Waals surface area (Å²) in [5.74, 6) is -0.838. The van der Waals surface area contributed by atoms with Crippen LogP contribution in [-0.2, 0) is 20.7 Å². The first-order chi connectivity index (χ1) is 18.3. The van der Waals surface area contributed by atoms with Crippen molar-refractivity contribution in [3.63, 3.8) is 0 Å². The van der Waals surface area contributed by atoms with E-state index >= 15 is 0 Å². The number of carbonyl (C=O) groups is 4. The maximum Gasteiger partial charge on any atom is 0.338 e. The smallest absolute Gasteiger partial charge is 0.338 e. The lowest BCUT2D eigenvalue weighted by atomic mass is 10.1. The monoisotopic (exact) mass is 535 g/mol. The molecular formula is C28H29N3O6S. The molecule has 1 aliphatic heterocycles. The number of esters is 1. The second kappa shape index (κ2) is 11.9. The summed E-state index contributed by atoms with van der Waals surface area (Å²) >= 11 is 1.59. The van der Waals surface area contributed by atoms with Crippen LogP contribution in [-0.4, -0.2) is 55.0 Å². The van der Waals surface area contributed by atoms with Crippen LogP contribution in [0.4, 0.5) is 16.2 Å². The lowest BCUT2D eigenvalue weighted by Crippen LogP contribution is -2.39. The van der Waals surface area contributed by atoms with E-state index in [2.05, 4.69) is 5.32 Å². The van der Waals surface area contributed by atoms with E-state index in [-0.39, 0.29) is 13.0 Å². The topological polar surface area (TPSA) is 105 Å². The molecule has 1 N–H and O–H groups in total. The number of urea groups is 1. The van der Waals surface area contributed by atoms with Gasteiger partial charge in [0.25, 0.3) is 5.91 Å². The maximum absolute atomic E-state index is 13.5. The molecule has 3 aromatic rings. The van der Waals surface area contributed by atoms with Crippen molar-refractivity contribution in [2.45, 2.75) is 32.7 Å². The number of nitrogens with one attached hydrogen (secondary N) is 1. The number of carbonyl (C=O) groups excluding carboxylic acids is 4. The third-order valence-electron chi connectivity index (χ3n) is 6.24. The predicted molar refractivity (Wildman–Crippen MR) is 145 cm³/mol. The molecule has 0 saturated carbocycles. The van der Waals surface area contributed by atoms with E-state index in [1.54, 1.807) is 66.8 Å². The van der Waals surface area contributed by atoms with E-state index < -0.39 is 29.9 Å². The van der Waals surface area contributed by atoms with Crippen molar-refractivity contribution in [1.82, 2.24) is 4.90 Å². The van der Waals surface area contributed by atoms with Crippen molar-refractivity contribution < 1.29 is 28.7 Å². The van der Waals surface area contributed by atoms with Crippen molar-refractivity contribution >= 4 is 46.5 Å². The molecule has 38 heavy (non-hydrogen) atoms. The van der Waals surface area contributed by atoms with Gasteiger partial charge in [0.15, 0.2) is 0 Å². The molecule has 1 unspecified atom stereocenters. The molecule has 4 rings (SSSR count). The Morgan fingerprint density at radius 3 is 2.50 bits per heavy atom. The Balaban J connectivity index is 1.52. The molecule has 198 valence electrons. The fraction of sp³-hybridized carbons (Fsp3) is 0.286. The lowest BCUT2D eigenvalue weighted by molar-refractivity contribution is -0.124. The van der Waals surface area contributed by atoms with Gasteiger partial charge in [-0.25, -0.2) is 14.5 Å². The van der Waals surface area contributed by atoms with E-state index in [0.717, 1.165) is 15.3 Å². The number of benzene rings is 2. The first-order valence-electron chi connectivity index (χ1n) is 12.2. The number of imide groups is 1. The second-order valence-electron chi connectivity index (χ2n) is 8.69. The molecule has 0 aliphatic carbocycles. The van der Waals surface area contributed by atoms with Gasteiger partial charge in [-0.2, -0.15) is 0 Å². The van der Waals surface area contributed by atoms with E-state index in [9.17, 15) is 19.2 Å². The summed E-state index contributed by atoms with van der Waals surface area (Å²) in [5, 5.41) is 4.75. The zero-order valence-corrected chi connectivity index (χ0v) is 22.2. The van der Waals surface area contributed by atoms with Crippen LogP contribution in [0.3, 0.4) is 0 Å². The molecule has 10 heteroatoms. The largest absolute Gasteiger partial charge is 0.497 e. The highest BCUT2D eigenvalue weighted by molar-refractivity contribution is 7.10. The molecule has 0 radical (unpaired) electrons. The first-order valence-corrected chi connectivity index (χ1v) is 13.1. The van der Waals surface area contributed by atoms with Crippen molar-refractivity contribution in [2.24, 2.45) is 0 Å². The standard InChI is InChI=1S/C28H29N3O6S/c1-4-37-27(34)19-8-10-20(11-9-19)29-25(32)17-23-26(33)31(21-6-5-7-22(16-21)36-3)28(35)30(23)14-12-24-18(2)13-15-38-24/h5-11,13,15-16,23H,4,12,14,17H2,1-3H3,(H,29,32). The SMILES string of the molecule is CCOC(=O)c1ccc(NC(=O)CC2C(=O)N(c3cccc(OC)c3)C(=O)N2CCc2sccc2C)cc1. The lowest BCUT2D eigenvalue weighted by Gasteiger charge is -2.21. The maximum atomic E-state index is 13.5.